The van der Waals surface area contributed by atoms with E-state index in [4.69, 9.17) is 9.84 Å². The van der Waals surface area contributed by atoms with Gasteiger partial charge in [-0.05, 0) is 48.7 Å². The van der Waals surface area contributed by atoms with E-state index in [0.717, 1.165) is 62.7 Å². The summed E-state index contributed by atoms with van der Waals surface area (Å²) in [6, 6.07) is 12.0. The van der Waals surface area contributed by atoms with Crippen molar-refractivity contribution in [2.45, 2.75) is 25.9 Å². The van der Waals surface area contributed by atoms with Crippen LogP contribution < -0.4 is 10.1 Å². The monoisotopic (exact) mass is 532 g/mol. The summed E-state index contributed by atoms with van der Waals surface area (Å²) in [4.78, 5) is 27.6. The maximum Gasteiger partial charge on any atom is 0.246 e. The van der Waals surface area contributed by atoms with Crippen molar-refractivity contribution in [3.8, 4) is 34.0 Å². The zero-order chi connectivity index (χ0) is 27.4. The smallest absolute Gasteiger partial charge is 0.246 e. The van der Waals surface area contributed by atoms with E-state index >= 15 is 0 Å². The molecule has 0 spiro atoms. The average Bonchev–Trinajstić information content (AvgIpc) is 3.68. The Morgan fingerprint density at radius 2 is 2.12 bits per heavy atom. The van der Waals surface area contributed by atoms with Gasteiger partial charge in [-0.3, -0.25) is 9.48 Å². The maximum absolute atomic E-state index is 12.1. The molecule has 2 aliphatic heterocycles. The number of nitrogens with one attached hydrogen (secondary N) is 1. The number of anilines is 1. The van der Waals surface area contributed by atoms with Gasteiger partial charge in [0.25, 0.3) is 0 Å². The molecule has 4 aromatic heterocycles. The topological polar surface area (TPSA) is 103 Å². The standard InChI is InChI=1S/C30H28N8O2/c1-4-25(39)37-11-10-21(16-37)38-15-20(14-34-38)28-26-23-9-8-22(40-24-7-5-6-18(2)35-24)12-19(23)13-31-29-27(26)30(36(28)3)33-17-32-29/h4-9,12,14-15,17,21H,1,10-11,13,16H2,2-3H3,(H,31,32,33). The molecule has 0 saturated carbocycles. The number of likely N-dealkylation sites (tertiary alicyclic amines) is 1. The number of aromatic nitrogens is 6. The first-order valence-electron chi connectivity index (χ1n) is 13.3. The minimum absolute atomic E-state index is 0.0408. The van der Waals surface area contributed by atoms with Crippen LogP contribution in [0, 0.1) is 6.92 Å². The van der Waals surface area contributed by atoms with Crippen LogP contribution in [-0.2, 0) is 18.4 Å². The molecule has 1 amide bonds. The summed E-state index contributed by atoms with van der Waals surface area (Å²) in [6.45, 7) is 7.47. The zero-order valence-corrected chi connectivity index (χ0v) is 22.3. The lowest BCUT2D eigenvalue weighted by molar-refractivity contribution is -0.125. The molecule has 6 heterocycles. The van der Waals surface area contributed by atoms with E-state index < -0.39 is 0 Å². The van der Waals surface area contributed by atoms with Gasteiger partial charge in [0.2, 0.25) is 11.8 Å². The minimum Gasteiger partial charge on any atom is -0.439 e. The molecule has 1 unspecified atom stereocenters. The van der Waals surface area contributed by atoms with Crippen molar-refractivity contribution in [1.82, 2.24) is 34.2 Å². The summed E-state index contributed by atoms with van der Waals surface area (Å²) in [5.41, 5.74) is 6.96. The molecule has 1 saturated heterocycles. The molecule has 200 valence electrons. The Hall–Kier alpha value is -4.99. The normalized spacial score (nSPS) is 15.9. The van der Waals surface area contributed by atoms with E-state index in [0.29, 0.717) is 25.5 Å². The molecule has 10 heteroatoms. The largest absolute Gasteiger partial charge is 0.439 e. The molecular formula is C30H28N8O2. The lowest BCUT2D eigenvalue weighted by Crippen LogP contribution is -2.27. The maximum atomic E-state index is 12.1. The molecule has 1 aromatic carbocycles. The SMILES string of the molecule is C=CC(=O)N1CCC(n2cc(-c3c4c5c(ncnc5n3C)NCc3cc(Oc5cccc(C)n5)ccc3-4)cn2)C1. The number of rotatable bonds is 5. The third kappa shape index (κ3) is 3.91. The number of carbonyl (C=O) groups excluding carboxylic acids is 1. The number of hydrogen-bond acceptors (Lipinski definition) is 7. The Labute approximate surface area is 231 Å². The van der Waals surface area contributed by atoms with Gasteiger partial charge in [0.1, 0.15) is 23.5 Å². The zero-order valence-electron chi connectivity index (χ0n) is 22.3. The van der Waals surface area contributed by atoms with Gasteiger partial charge < -0.3 is 19.5 Å². The summed E-state index contributed by atoms with van der Waals surface area (Å²) < 4.78 is 10.2. The number of fused-ring (bicyclic) bond motifs is 2. The Bertz CT molecular complexity index is 1800. The van der Waals surface area contributed by atoms with Crippen molar-refractivity contribution in [1.29, 1.82) is 0 Å². The first kappa shape index (κ1) is 24.1. The van der Waals surface area contributed by atoms with Gasteiger partial charge in [-0.25, -0.2) is 15.0 Å². The minimum atomic E-state index is -0.0408. The van der Waals surface area contributed by atoms with Gasteiger partial charge in [0, 0.05) is 55.8 Å². The Balaban J connectivity index is 1.31. The highest BCUT2D eigenvalue weighted by Gasteiger charge is 2.30. The van der Waals surface area contributed by atoms with Gasteiger partial charge in [-0.2, -0.15) is 5.10 Å². The number of hydrogen-bond donors (Lipinski definition) is 1. The molecule has 40 heavy (non-hydrogen) atoms. The highest BCUT2D eigenvalue weighted by atomic mass is 16.5. The fraction of sp³-hybridized carbons (Fsp3) is 0.233. The fourth-order valence-electron chi connectivity index (χ4n) is 5.83. The third-order valence-electron chi connectivity index (χ3n) is 7.74. The average molecular weight is 533 g/mol. The van der Waals surface area contributed by atoms with Crippen LogP contribution in [0.1, 0.15) is 23.7 Å². The van der Waals surface area contributed by atoms with Crippen molar-refractivity contribution in [2.75, 3.05) is 18.4 Å². The van der Waals surface area contributed by atoms with Crippen LogP contribution in [0.5, 0.6) is 11.6 Å². The lowest BCUT2D eigenvalue weighted by Gasteiger charge is -2.14. The summed E-state index contributed by atoms with van der Waals surface area (Å²) >= 11 is 0. The van der Waals surface area contributed by atoms with Crippen LogP contribution in [0.15, 0.2) is 67.8 Å². The van der Waals surface area contributed by atoms with Gasteiger partial charge in [0.05, 0.1) is 23.3 Å². The number of ether oxygens (including phenoxy) is 1. The molecule has 1 fully saturated rings. The molecule has 0 radical (unpaired) electrons. The number of amides is 1. The van der Waals surface area contributed by atoms with E-state index in [1.165, 1.54) is 6.08 Å². The van der Waals surface area contributed by atoms with Crippen molar-refractivity contribution in [3.63, 3.8) is 0 Å². The van der Waals surface area contributed by atoms with Crippen LogP contribution in [0.4, 0.5) is 5.82 Å². The van der Waals surface area contributed by atoms with Crippen LogP contribution >= 0.6 is 0 Å². The first-order valence-corrected chi connectivity index (χ1v) is 13.3. The highest BCUT2D eigenvalue weighted by molar-refractivity contribution is 6.09. The van der Waals surface area contributed by atoms with Crippen LogP contribution in [-0.4, -0.2) is 53.2 Å². The van der Waals surface area contributed by atoms with E-state index in [1.54, 1.807) is 6.33 Å². The third-order valence-corrected chi connectivity index (χ3v) is 7.74. The molecule has 1 atom stereocenters. The second-order valence-corrected chi connectivity index (χ2v) is 10.2. The fourth-order valence-corrected chi connectivity index (χ4v) is 5.83. The molecule has 2 aliphatic rings. The van der Waals surface area contributed by atoms with Crippen LogP contribution in [0.2, 0.25) is 0 Å². The number of carbonyl (C=O) groups is 1. The number of aryl methyl sites for hydroxylation is 2. The van der Waals surface area contributed by atoms with Crippen LogP contribution in [0.3, 0.4) is 0 Å². The number of pyridine rings is 1. The summed E-state index contributed by atoms with van der Waals surface area (Å²) in [5, 5.41) is 9.21. The lowest BCUT2D eigenvalue weighted by atomic mass is 9.96. The van der Waals surface area contributed by atoms with Gasteiger partial charge >= 0.3 is 0 Å². The number of benzene rings is 1. The van der Waals surface area contributed by atoms with Gasteiger partial charge in [-0.1, -0.05) is 18.7 Å². The van der Waals surface area contributed by atoms with Gasteiger partial charge in [0.15, 0.2) is 0 Å². The number of nitrogens with zero attached hydrogens (tertiary/aromatic N) is 7. The van der Waals surface area contributed by atoms with Crippen molar-refractivity contribution in [2.24, 2.45) is 7.05 Å². The molecule has 10 nitrogen and oxygen atoms in total. The second kappa shape index (κ2) is 9.33. The van der Waals surface area contributed by atoms with Gasteiger partial charge in [-0.15, -0.1) is 0 Å². The summed E-state index contributed by atoms with van der Waals surface area (Å²) in [5.74, 6) is 2.03. The van der Waals surface area contributed by atoms with E-state index in [9.17, 15) is 4.79 Å². The second-order valence-electron chi connectivity index (χ2n) is 10.2. The molecule has 5 aromatic rings. The predicted octanol–water partition coefficient (Wildman–Crippen LogP) is 4.88. The van der Waals surface area contributed by atoms with Crippen molar-refractivity contribution in [3.05, 3.63) is 79.0 Å². The molecule has 7 rings (SSSR count). The summed E-state index contributed by atoms with van der Waals surface area (Å²) in [6.07, 6.45) is 7.79. The van der Waals surface area contributed by atoms with E-state index in [2.05, 4.69) is 49.7 Å². The Kier molecular flexibility index (Phi) is 5.62. The Morgan fingerprint density at radius 1 is 1.23 bits per heavy atom. The van der Waals surface area contributed by atoms with Crippen molar-refractivity contribution >= 4 is 22.8 Å². The van der Waals surface area contributed by atoms with Crippen molar-refractivity contribution < 1.29 is 9.53 Å². The molecule has 0 bridgehead atoms. The molecule has 1 N–H and O–H groups in total. The first-order chi connectivity index (χ1) is 19.5. The quantitative estimate of drug-likeness (QED) is 0.322. The van der Waals surface area contributed by atoms with Crippen LogP contribution in [0.25, 0.3) is 33.4 Å². The predicted molar refractivity (Wildman–Crippen MR) is 152 cm³/mol. The van der Waals surface area contributed by atoms with E-state index in [-0.39, 0.29) is 11.9 Å². The van der Waals surface area contributed by atoms with E-state index in [1.807, 2.05) is 54.0 Å². The summed E-state index contributed by atoms with van der Waals surface area (Å²) in [7, 11) is 2.03. The molecular weight excluding hydrogens is 504 g/mol. The highest BCUT2D eigenvalue weighted by Crippen LogP contribution is 2.46. The molecule has 0 aliphatic carbocycles. The Morgan fingerprint density at radius 3 is 2.98 bits per heavy atom.